The first-order valence-corrected chi connectivity index (χ1v) is 8.49. The summed E-state index contributed by atoms with van der Waals surface area (Å²) in [5.41, 5.74) is 1.44. The summed E-state index contributed by atoms with van der Waals surface area (Å²) in [4.78, 5) is -0.0252. The fraction of sp³-hybridized carbons (Fsp3) is 0.0588. The molecule has 2 aromatic carbocycles. The quantitative estimate of drug-likeness (QED) is 0.667. The van der Waals surface area contributed by atoms with E-state index in [-0.39, 0.29) is 10.6 Å². The van der Waals surface area contributed by atoms with E-state index < -0.39 is 10.1 Å². The Kier molecular flexibility index (Phi) is 4.31. The van der Waals surface area contributed by atoms with Crippen LogP contribution in [0.3, 0.4) is 0 Å². The van der Waals surface area contributed by atoms with Crippen LogP contribution in [0, 0.1) is 11.3 Å². The molecule has 7 heteroatoms. The van der Waals surface area contributed by atoms with Crippen LogP contribution in [0.5, 0.6) is 5.75 Å². The summed E-state index contributed by atoms with van der Waals surface area (Å²) in [5.74, 6) is 0.143. The normalized spacial score (nSPS) is 11.0. The molecule has 0 amide bonds. The molecule has 0 saturated heterocycles. The van der Waals surface area contributed by atoms with E-state index in [1.807, 2.05) is 36.4 Å². The van der Waals surface area contributed by atoms with Gasteiger partial charge in [0.1, 0.15) is 10.6 Å². The molecule has 0 radical (unpaired) electrons. The Labute approximate surface area is 139 Å². The first-order valence-electron chi connectivity index (χ1n) is 7.08. The van der Waals surface area contributed by atoms with Gasteiger partial charge in [-0.15, -0.1) is 0 Å². The molecule has 0 fully saturated rings. The largest absolute Gasteiger partial charge is 0.379 e. The fourth-order valence-electron chi connectivity index (χ4n) is 2.09. The van der Waals surface area contributed by atoms with Gasteiger partial charge in [-0.1, -0.05) is 30.3 Å². The van der Waals surface area contributed by atoms with Gasteiger partial charge in [-0.2, -0.15) is 18.8 Å². The number of benzene rings is 2. The van der Waals surface area contributed by atoms with Crippen molar-refractivity contribution in [3.8, 4) is 11.8 Å². The highest BCUT2D eigenvalue weighted by molar-refractivity contribution is 7.87. The number of hydrogen-bond donors (Lipinski definition) is 0. The van der Waals surface area contributed by atoms with E-state index in [0.29, 0.717) is 12.1 Å². The predicted molar refractivity (Wildman–Crippen MR) is 86.7 cm³/mol. The Morgan fingerprint density at radius 3 is 2.46 bits per heavy atom. The van der Waals surface area contributed by atoms with Gasteiger partial charge >= 0.3 is 10.1 Å². The second kappa shape index (κ2) is 6.56. The van der Waals surface area contributed by atoms with Crippen LogP contribution in [-0.4, -0.2) is 18.2 Å². The Hall–Kier alpha value is -3.11. The first kappa shape index (κ1) is 15.8. The van der Waals surface area contributed by atoms with Crippen LogP contribution in [0.15, 0.2) is 71.9 Å². The molecular formula is C17H13N3O3S. The Morgan fingerprint density at radius 1 is 1.08 bits per heavy atom. The number of aromatic nitrogens is 2. The standard InChI is InChI=1S/C17H13N3O3S/c18-10-14-6-8-16(9-7-14)23-24(21,22)17-11-19-20(13-17)12-15-4-2-1-3-5-15/h1-9,11,13H,12H2. The maximum Gasteiger partial charge on any atom is 0.342 e. The van der Waals surface area contributed by atoms with Gasteiger partial charge in [0, 0.05) is 6.20 Å². The molecule has 24 heavy (non-hydrogen) atoms. The van der Waals surface area contributed by atoms with E-state index in [1.54, 1.807) is 0 Å². The third-order valence-electron chi connectivity index (χ3n) is 3.27. The lowest BCUT2D eigenvalue weighted by molar-refractivity contribution is 0.486. The summed E-state index contributed by atoms with van der Waals surface area (Å²) >= 11 is 0. The summed E-state index contributed by atoms with van der Waals surface area (Å²) in [5, 5.41) is 12.8. The number of nitrogens with zero attached hydrogens (tertiary/aromatic N) is 3. The Bertz CT molecular complexity index is 972. The molecule has 3 rings (SSSR count). The van der Waals surface area contributed by atoms with Crippen molar-refractivity contribution in [2.24, 2.45) is 0 Å². The molecule has 6 nitrogen and oxygen atoms in total. The molecule has 0 N–H and O–H groups in total. The zero-order chi connectivity index (χ0) is 17.0. The predicted octanol–water partition coefficient (Wildman–Crippen LogP) is 2.57. The number of hydrogen-bond acceptors (Lipinski definition) is 5. The van der Waals surface area contributed by atoms with E-state index in [9.17, 15) is 8.42 Å². The highest BCUT2D eigenvalue weighted by atomic mass is 32.2. The van der Waals surface area contributed by atoms with Gasteiger partial charge in [0.05, 0.1) is 24.4 Å². The van der Waals surface area contributed by atoms with Crippen molar-refractivity contribution < 1.29 is 12.6 Å². The molecular weight excluding hydrogens is 326 g/mol. The van der Waals surface area contributed by atoms with Crippen LogP contribution in [0.25, 0.3) is 0 Å². The minimum Gasteiger partial charge on any atom is -0.379 e. The van der Waals surface area contributed by atoms with E-state index in [2.05, 4.69) is 5.10 Å². The molecule has 0 spiro atoms. The van der Waals surface area contributed by atoms with Crippen molar-refractivity contribution in [2.45, 2.75) is 11.4 Å². The molecule has 3 aromatic rings. The number of rotatable bonds is 5. The second-order valence-electron chi connectivity index (χ2n) is 5.03. The van der Waals surface area contributed by atoms with Gasteiger partial charge in [0.2, 0.25) is 0 Å². The average molecular weight is 339 g/mol. The third kappa shape index (κ3) is 3.62. The van der Waals surface area contributed by atoms with E-state index in [1.165, 1.54) is 41.3 Å². The monoisotopic (exact) mass is 339 g/mol. The average Bonchev–Trinajstić information content (AvgIpc) is 3.06. The smallest absolute Gasteiger partial charge is 0.342 e. The van der Waals surface area contributed by atoms with Crippen molar-refractivity contribution in [1.29, 1.82) is 5.26 Å². The topological polar surface area (TPSA) is 85.0 Å². The highest BCUT2D eigenvalue weighted by Gasteiger charge is 2.19. The van der Waals surface area contributed by atoms with Gasteiger partial charge in [0.25, 0.3) is 0 Å². The van der Waals surface area contributed by atoms with Gasteiger partial charge in [-0.05, 0) is 29.8 Å². The molecule has 0 atom stereocenters. The van der Waals surface area contributed by atoms with Crippen LogP contribution < -0.4 is 4.18 Å². The highest BCUT2D eigenvalue weighted by Crippen LogP contribution is 2.19. The van der Waals surface area contributed by atoms with Crippen molar-refractivity contribution in [3.05, 3.63) is 78.1 Å². The molecule has 0 saturated carbocycles. The zero-order valence-electron chi connectivity index (χ0n) is 12.5. The fourth-order valence-corrected chi connectivity index (χ4v) is 2.98. The van der Waals surface area contributed by atoms with Crippen molar-refractivity contribution in [3.63, 3.8) is 0 Å². The lowest BCUT2D eigenvalue weighted by Crippen LogP contribution is -2.09. The van der Waals surface area contributed by atoms with Gasteiger partial charge in [0.15, 0.2) is 0 Å². The van der Waals surface area contributed by atoms with Gasteiger partial charge in [-0.3, -0.25) is 4.68 Å². The lowest BCUT2D eigenvalue weighted by Gasteiger charge is -2.05. The Balaban J connectivity index is 1.76. The van der Waals surface area contributed by atoms with E-state index in [4.69, 9.17) is 9.44 Å². The summed E-state index contributed by atoms with van der Waals surface area (Å²) < 4.78 is 31.2. The van der Waals surface area contributed by atoms with Crippen LogP contribution in [-0.2, 0) is 16.7 Å². The molecule has 1 aromatic heterocycles. The Morgan fingerprint density at radius 2 is 1.79 bits per heavy atom. The molecule has 0 aliphatic carbocycles. The minimum absolute atomic E-state index is 0.0252. The summed E-state index contributed by atoms with van der Waals surface area (Å²) in [6.45, 7) is 0.466. The third-order valence-corrected chi connectivity index (χ3v) is 4.48. The van der Waals surface area contributed by atoms with Crippen LogP contribution in [0.1, 0.15) is 11.1 Å². The van der Waals surface area contributed by atoms with E-state index in [0.717, 1.165) is 5.56 Å². The van der Waals surface area contributed by atoms with Crippen molar-refractivity contribution in [1.82, 2.24) is 9.78 Å². The maximum atomic E-state index is 12.3. The van der Waals surface area contributed by atoms with Crippen LogP contribution in [0.4, 0.5) is 0 Å². The van der Waals surface area contributed by atoms with Crippen LogP contribution in [0.2, 0.25) is 0 Å². The molecule has 0 bridgehead atoms. The molecule has 0 unspecified atom stereocenters. The van der Waals surface area contributed by atoms with Crippen molar-refractivity contribution >= 4 is 10.1 Å². The zero-order valence-corrected chi connectivity index (χ0v) is 13.3. The lowest BCUT2D eigenvalue weighted by atomic mass is 10.2. The summed E-state index contributed by atoms with van der Waals surface area (Å²) in [6, 6.07) is 17.4. The first-order chi connectivity index (χ1) is 11.6. The minimum atomic E-state index is -3.97. The summed E-state index contributed by atoms with van der Waals surface area (Å²) in [7, 11) is -3.97. The van der Waals surface area contributed by atoms with Gasteiger partial charge in [-0.25, -0.2) is 0 Å². The number of nitriles is 1. The van der Waals surface area contributed by atoms with Gasteiger partial charge < -0.3 is 4.18 Å². The maximum absolute atomic E-state index is 12.3. The van der Waals surface area contributed by atoms with Crippen LogP contribution >= 0.6 is 0 Å². The van der Waals surface area contributed by atoms with Crippen molar-refractivity contribution in [2.75, 3.05) is 0 Å². The second-order valence-corrected chi connectivity index (χ2v) is 6.58. The SMILES string of the molecule is N#Cc1ccc(OS(=O)(=O)c2cnn(Cc3ccccc3)c2)cc1. The molecule has 1 heterocycles. The molecule has 0 aliphatic rings. The van der Waals surface area contributed by atoms with E-state index >= 15 is 0 Å². The molecule has 120 valence electrons. The molecule has 0 aliphatic heterocycles. The summed E-state index contributed by atoms with van der Waals surface area (Å²) in [6.07, 6.45) is 2.67.